The second-order valence-corrected chi connectivity index (χ2v) is 6.81. The van der Waals surface area contributed by atoms with Gasteiger partial charge in [0, 0.05) is 24.6 Å². The molecular weight excluding hydrogens is 262 g/mol. The zero-order chi connectivity index (χ0) is 15.5. The van der Waals surface area contributed by atoms with E-state index in [2.05, 4.69) is 52.1 Å². The molecule has 2 atom stereocenters. The molecule has 1 aromatic carbocycles. The molecule has 0 bridgehead atoms. The van der Waals surface area contributed by atoms with Gasteiger partial charge in [0.1, 0.15) is 11.7 Å². The van der Waals surface area contributed by atoms with E-state index in [0.717, 1.165) is 24.5 Å². The van der Waals surface area contributed by atoms with Gasteiger partial charge in [-0.3, -0.25) is 0 Å². The topological polar surface area (TPSA) is 30.5 Å². The van der Waals surface area contributed by atoms with Gasteiger partial charge in [0.2, 0.25) is 0 Å². The maximum absolute atomic E-state index is 6.09. The molecule has 118 valence electrons. The van der Waals surface area contributed by atoms with E-state index in [4.69, 9.17) is 9.47 Å². The van der Waals surface area contributed by atoms with Gasteiger partial charge in [-0.1, -0.05) is 25.5 Å². The Balaban J connectivity index is 1.94. The molecule has 3 nitrogen and oxygen atoms in total. The summed E-state index contributed by atoms with van der Waals surface area (Å²) in [7, 11) is 0. The summed E-state index contributed by atoms with van der Waals surface area (Å²) < 4.78 is 12.1. The lowest BCUT2D eigenvalue weighted by atomic mass is 10.0. The second kappa shape index (κ2) is 6.69. The van der Waals surface area contributed by atoms with Crippen LogP contribution in [0.15, 0.2) is 18.2 Å². The van der Waals surface area contributed by atoms with Crippen molar-refractivity contribution >= 4 is 0 Å². The minimum Gasteiger partial charge on any atom is -0.485 e. The predicted octanol–water partition coefficient (Wildman–Crippen LogP) is 3.95. The van der Waals surface area contributed by atoms with E-state index in [1.165, 1.54) is 18.4 Å². The van der Waals surface area contributed by atoms with Gasteiger partial charge < -0.3 is 14.8 Å². The first-order valence-electron chi connectivity index (χ1n) is 8.12. The molecule has 0 aromatic heterocycles. The van der Waals surface area contributed by atoms with E-state index in [1.54, 1.807) is 0 Å². The smallest absolute Gasteiger partial charge is 0.165 e. The molecule has 0 amide bonds. The largest absolute Gasteiger partial charge is 0.485 e. The fraction of sp³-hybridized carbons (Fsp3) is 0.667. The number of hydrogen-bond donors (Lipinski definition) is 1. The van der Waals surface area contributed by atoms with Crippen LogP contribution in [0.25, 0.3) is 0 Å². The van der Waals surface area contributed by atoms with Gasteiger partial charge in [-0.25, -0.2) is 0 Å². The lowest BCUT2D eigenvalue weighted by Gasteiger charge is -2.21. The summed E-state index contributed by atoms with van der Waals surface area (Å²) in [5, 5.41) is 3.52. The molecule has 1 aromatic rings. The first kappa shape index (κ1) is 16.2. The second-order valence-electron chi connectivity index (χ2n) is 6.81. The molecule has 21 heavy (non-hydrogen) atoms. The SMILES string of the molecule is CCCC(C)NCC(C)Oc1cccc2c1OC(C)(C)C2. The highest BCUT2D eigenvalue weighted by atomic mass is 16.5. The van der Waals surface area contributed by atoms with Crippen LogP contribution in [0, 0.1) is 0 Å². The summed E-state index contributed by atoms with van der Waals surface area (Å²) in [6.45, 7) is 11.6. The number of nitrogens with one attached hydrogen (secondary N) is 1. The third-order valence-corrected chi connectivity index (χ3v) is 3.86. The van der Waals surface area contributed by atoms with Crippen LogP contribution in [0.3, 0.4) is 0 Å². The summed E-state index contributed by atoms with van der Waals surface area (Å²) in [5.41, 5.74) is 1.12. The van der Waals surface area contributed by atoms with Crippen LogP contribution in [0.4, 0.5) is 0 Å². The van der Waals surface area contributed by atoms with Gasteiger partial charge >= 0.3 is 0 Å². The van der Waals surface area contributed by atoms with Crippen molar-refractivity contribution in [3.05, 3.63) is 23.8 Å². The molecule has 0 spiro atoms. The highest BCUT2D eigenvalue weighted by Gasteiger charge is 2.32. The van der Waals surface area contributed by atoms with Crippen LogP contribution in [0.1, 0.15) is 53.0 Å². The van der Waals surface area contributed by atoms with Gasteiger partial charge in [0.05, 0.1) is 0 Å². The predicted molar refractivity (Wildman–Crippen MR) is 87.3 cm³/mol. The van der Waals surface area contributed by atoms with E-state index >= 15 is 0 Å². The summed E-state index contributed by atoms with van der Waals surface area (Å²) in [4.78, 5) is 0. The molecule has 2 rings (SSSR count). The van der Waals surface area contributed by atoms with Crippen molar-refractivity contribution in [3.8, 4) is 11.5 Å². The average Bonchev–Trinajstić information content (AvgIpc) is 2.72. The normalized spacial score (nSPS) is 18.7. The molecule has 0 radical (unpaired) electrons. The van der Waals surface area contributed by atoms with Crippen LogP contribution < -0.4 is 14.8 Å². The summed E-state index contributed by atoms with van der Waals surface area (Å²) in [6.07, 6.45) is 3.48. The molecule has 3 heteroatoms. The molecule has 0 saturated heterocycles. The third kappa shape index (κ3) is 4.37. The Kier molecular flexibility index (Phi) is 5.15. The third-order valence-electron chi connectivity index (χ3n) is 3.86. The number of benzene rings is 1. The fourth-order valence-electron chi connectivity index (χ4n) is 2.84. The van der Waals surface area contributed by atoms with Gasteiger partial charge in [-0.15, -0.1) is 0 Å². The molecule has 1 aliphatic rings. The maximum atomic E-state index is 6.09. The molecule has 0 saturated carbocycles. The number of rotatable bonds is 7. The van der Waals surface area contributed by atoms with Crippen molar-refractivity contribution in [1.29, 1.82) is 0 Å². The Morgan fingerprint density at radius 2 is 2.10 bits per heavy atom. The Bertz CT molecular complexity index is 470. The van der Waals surface area contributed by atoms with E-state index < -0.39 is 0 Å². The van der Waals surface area contributed by atoms with Crippen molar-refractivity contribution < 1.29 is 9.47 Å². The summed E-state index contributed by atoms with van der Waals surface area (Å²) in [5.74, 6) is 1.80. The highest BCUT2D eigenvalue weighted by molar-refractivity contribution is 5.50. The monoisotopic (exact) mass is 291 g/mol. The molecular formula is C18H29NO2. The van der Waals surface area contributed by atoms with Gasteiger partial charge in [-0.05, 0) is 40.2 Å². The maximum Gasteiger partial charge on any atom is 0.165 e. The minimum atomic E-state index is -0.126. The molecule has 0 aliphatic carbocycles. The first-order chi connectivity index (χ1) is 9.91. The quantitative estimate of drug-likeness (QED) is 0.825. The van der Waals surface area contributed by atoms with Gasteiger partial charge in [0.15, 0.2) is 11.5 Å². The average molecular weight is 291 g/mol. The molecule has 1 N–H and O–H groups in total. The molecule has 0 fully saturated rings. The van der Waals surface area contributed by atoms with Crippen LogP contribution >= 0.6 is 0 Å². The van der Waals surface area contributed by atoms with E-state index in [-0.39, 0.29) is 11.7 Å². The van der Waals surface area contributed by atoms with Crippen molar-refractivity contribution in [2.45, 2.75) is 71.6 Å². The summed E-state index contributed by atoms with van der Waals surface area (Å²) >= 11 is 0. The molecule has 1 heterocycles. The Morgan fingerprint density at radius 1 is 1.33 bits per heavy atom. The zero-order valence-electron chi connectivity index (χ0n) is 14.0. The lowest BCUT2D eigenvalue weighted by molar-refractivity contribution is 0.126. The van der Waals surface area contributed by atoms with Crippen molar-refractivity contribution in [2.24, 2.45) is 0 Å². The van der Waals surface area contributed by atoms with Crippen molar-refractivity contribution in [2.75, 3.05) is 6.54 Å². The van der Waals surface area contributed by atoms with Crippen LogP contribution in [0.5, 0.6) is 11.5 Å². The van der Waals surface area contributed by atoms with Gasteiger partial charge in [-0.2, -0.15) is 0 Å². The Morgan fingerprint density at radius 3 is 2.81 bits per heavy atom. The van der Waals surface area contributed by atoms with E-state index in [9.17, 15) is 0 Å². The highest BCUT2D eigenvalue weighted by Crippen LogP contribution is 2.41. The number of fused-ring (bicyclic) bond motifs is 1. The van der Waals surface area contributed by atoms with Gasteiger partial charge in [0.25, 0.3) is 0 Å². The lowest BCUT2D eigenvalue weighted by Crippen LogP contribution is -2.35. The number of para-hydroxylation sites is 1. The van der Waals surface area contributed by atoms with Crippen LogP contribution in [-0.2, 0) is 6.42 Å². The van der Waals surface area contributed by atoms with E-state index in [1.807, 2.05) is 6.07 Å². The minimum absolute atomic E-state index is 0.126. The van der Waals surface area contributed by atoms with Crippen molar-refractivity contribution in [3.63, 3.8) is 0 Å². The first-order valence-corrected chi connectivity index (χ1v) is 8.12. The molecule has 1 aliphatic heterocycles. The van der Waals surface area contributed by atoms with Crippen molar-refractivity contribution in [1.82, 2.24) is 5.32 Å². The van der Waals surface area contributed by atoms with E-state index in [0.29, 0.717) is 6.04 Å². The zero-order valence-corrected chi connectivity index (χ0v) is 14.0. The standard InChI is InChI=1S/C18H29NO2/c1-6-8-13(2)19-12-14(3)20-16-10-7-9-15-11-18(4,5)21-17(15)16/h7,9-10,13-14,19H,6,8,11-12H2,1-5H3. The van der Waals surface area contributed by atoms with Crippen LogP contribution in [-0.4, -0.2) is 24.3 Å². The number of ether oxygens (including phenoxy) is 2. The summed E-state index contributed by atoms with van der Waals surface area (Å²) in [6, 6.07) is 6.73. The Hall–Kier alpha value is -1.22. The number of hydrogen-bond acceptors (Lipinski definition) is 3. The molecule has 2 unspecified atom stereocenters. The van der Waals surface area contributed by atoms with Crippen LogP contribution in [0.2, 0.25) is 0 Å². The fourth-order valence-corrected chi connectivity index (χ4v) is 2.84. The Labute approximate surface area is 129 Å².